The van der Waals surface area contributed by atoms with Crippen LogP contribution in [-0.2, 0) is 6.54 Å². The first kappa shape index (κ1) is 15.3. The van der Waals surface area contributed by atoms with Gasteiger partial charge in [0.2, 0.25) is 0 Å². The van der Waals surface area contributed by atoms with Crippen molar-refractivity contribution in [3.8, 4) is 5.75 Å². The first-order chi connectivity index (χ1) is 9.69. The Hall–Kier alpha value is -1.06. The van der Waals surface area contributed by atoms with Crippen LogP contribution >= 0.6 is 0 Å². The molecule has 112 valence electrons. The van der Waals surface area contributed by atoms with E-state index in [4.69, 9.17) is 4.74 Å². The van der Waals surface area contributed by atoms with Gasteiger partial charge in [-0.1, -0.05) is 31.5 Å². The van der Waals surface area contributed by atoms with Gasteiger partial charge in [-0.3, -0.25) is 0 Å². The van der Waals surface area contributed by atoms with E-state index in [9.17, 15) is 0 Å². The van der Waals surface area contributed by atoms with Crippen molar-refractivity contribution in [2.75, 3.05) is 33.8 Å². The van der Waals surface area contributed by atoms with E-state index in [1.165, 1.54) is 31.4 Å². The molecule has 0 saturated carbocycles. The number of hydrogen-bond donors (Lipinski definition) is 1. The lowest BCUT2D eigenvalue weighted by Crippen LogP contribution is -2.37. The fourth-order valence-corrected chi connectivity index (χ4v) is 3.51. The molecule has 20 heavy (non-hydrogen) atoms. The summed E-state index contributed by atoms with van der Waals surface area (Å²) in [7, 11) is 3.97. The number of nitrogens with zero attached hydrogens (tertiary/aromatic N) is 1. The minimum absolute atomic E-state index is 0.464. The van der Waals surface area contributed by atoms with Crippen molar-refractivity contribution in [1.82, 2.24) is 10.2 Å². The van der Waals surface area contributed by atoms with E-state index in [0.717, 1.165) is 25.4 Å². The molecule has 0 bridgehead atoms. The van der Waals surface area contributed by atoms with E-state index in [2.05, 4.69) is 36.3 Å². The molecule has 2 rings (SSSR count). The first-order valence-corrected chi connectivity index (χ1v) is 7.70. The van der Waals surface area contributed by atoms with Crippen LogP contribution in [0, 0.1) is 5.41 Å². The van der Waals surface area contributed by atoms with E-state index in [0.29, 0.717) is 5.41 Å². The average molecular weight is 276 g/mol. The van der Waals surface area contributed by atoms with Crippen LogP contribution in [0.3, 0.4) is 0 Å². The summed E-state index contributed by atoms with van der Waals surface area (Å²) in [6.45, 7) is 6.74. The molecule has 1 N–H and O–H groups in total. The van der Waals surface area contributed by atoms with Crippen LogP contribution in [0.5, 0.6) is 5.75 Å². The smallest absolute Gasteiger partial charge is 0.123 e. The van der Waals surface area contributed by atoms with Gasteiger partial charge in [0.05, 0.1) is 7.11 Å². The Morgan fingerprint density at radius 1 is 1.35 bits per heavy atom. The van der Waals surface area contributed by atoms with Gasteiger partial charge < -0.3 is 15.0 Å². The molecule has 0 aromatic heterocycles. The quantitative estimate of drug-likeness (QED) is 0.829. The molecule has 3 heteroatoms. The molecular formula is C17H28N2O. The summed E-state index contributed by atoms with van der Waals surface area (Å²) in [5.74, 6) is 0.994. The van der Waals surface area contributed by atoms with Gasteiger partial charge >= 0.3 is 0 Å². The Labute approximate surface area is 123 Å². The molecule has 1 heterocycles. The molecule has 1 saturated heterocycles. The summed E-state index contributed by atoms with van der Waals surface area (Å²) in [6.07, 6.45) is 3.89. The van der Waals surface area contributed by atoms with Gasteiger partial charge in [0.1, 0.15) is 5.75 Å². The van der Waals surface area contributed by atoms with Crippen molar-refractivity contribution >= 4 is 0 Å². The first-order valence-electron chi connectivity index (χ1n) is 7.70. The van der Waals surface area contributed by atoms with Gasteiger partial charge in [0.15, 0.2) is 0 Å². The fourth-order valence-electron chi connectivity index (χ4n) is 3.51. The van der Waals surface area contributed by atoms with Gasteiger partial charge in [-0.15, -0.1) is 0 Å². The Bertz CT molecular complexity index is 413. The summed E-state index contributed by atoms with van der Waals surface area (Å²) < 4.78 is 5.45. The highest BCUT2D eigenvalue weighted by Crippen LogP contribution is 2.32. The van der Waals surface area contributed by atoms with E-state index in [-0.39, 0.29) is 0 Å². The lowest BCUT2D eigenvalue weighted by molar-refractivity contribution is 0.171. The molecule has 0 radical (unpaired) electrons. The minimum atomic E-state index is 0.464. The molecule has 1 aliphatic heterocycles. The van der Waals surface area contributed by atoms with Crippen LogP contribution in [0.15, 0.2) is 24.3 Å². The van der Waals surface area contributed by atoms with Gasteiger partial charge in [0, 0.05) is 25.2 Å². The van der Waals surface area contributed by atoms with Crippen LogP contribution in [0.1, 0.15) is 31.7 Å². The molecule has 0 amide bonds. The summed E-state index contributed by atoms with van der Waals surface area (Å²) in [6, 6.07) is 8.32. The van der Waals surface area contributed by atoms with E-state index < -0.39 is 0 Å². The van der Waals surface area contributed by atoms with Crippen molar-refractivity contribution in [1.29, 1.82) is 0 Å². The maximum Gasteiger partial charge on any atom is 0.123 e. The normalized spacial score (nSPS) is 22.4. The van der Waals surface area contributed by atoms with Crippen LogP contribution < -0.4 is 10.1 Å². The second-order valence-electron chi connectivity index (χ2n) is 6.16. The maximum atomic E-state index is 5.45. The molecular weight excluding hydrogens is 248 g/mol. The third-order valence-corrected chi connectivity index (χ3v) is 4.35. The number of hydrogen-bond acceptors (Lipinski definition) is 3. The van der Waals surface area contributed by atoms with Crippen LogP contribution in [0.2, 0.25) is 0 Å². The second kappa shape index (κ2) is 7.09. The predicted molar refractivity (Wildman–Crippen MR) is 84.2 cm³/mol. The zero-order valence-corrected chi connectivity index (χ0v) is 13.1. The number of ether oxygens (including phenoxy) is 1. The summed E-state index contributed by atoms with van der Waals surface area (Å²) in [5.41, 5.74) is 1.74. The highest BCUT2D eigenvalue weighted by atomic mass is 16.5. The third kappa shape index (κ3) is 3.74. The zero-order chi connectivity index (χ0) is 14.4. The largest absolute Gasteiger partial charge is 0.496 e. The standard InChI is InChI=1S/C17H28N2O/c1-4-9-17(10-11-18-13-17)14-19(2)12-15-7-5-6-8-16(15)20-3/h5-8,18H,4,9-14H2,1-3H3. The van der Waals surface area contributed by atoms with Gasteiger partial charge in [0.25, 0.3) is 0 Å². The van der Waals surface area contributed by atoms with Crippen LogP contribution in [0.25, 0.3) is 0 Å². The van der Waals surface area contributed by atoms with E-state index in [1.807, 2.05) is 12.1 Å². The SMILES string of the molecule is CCCC1(CN(C)Cc2ccccc2OC)CCNC1. The lowest BCUT2D eigenvalue weighted by Gasteiger charge is -2.33. The molecule has 0 spiro atoms. The molecule has 1 atom stereocenters. The maximum absolute atomic E-state index is 5.45. The molecule has 1 aromatic rings. The van der Waals surface area contributed by atoms with Crippen molar-refractivity contribution in [2.45, 2.75) is 32.7 Å². The number of methoxy groups -OCH3 is 1. The monoisotopic (exact) mass is 276 g/mol. The van der Waals surface area contributed by atoms with Crippen molar-refractivity contribution in [3.05, 3.63) is 29.8 Å². The zero-order valence-electron chi connectivity index (χ0n) is 13.1. The van der Waals surface area contributed by atoms with Crippen LogP contribution in [-0.4, -0.2) is 38.7 Å². The molecule has 1 fully saturated rings. The van der Waals surface area contributed by atoms with Crippen molar-refractivity contribution in [2.24, 2.45) is 5.41 Å². The van der Waals surface area contributed by atoms with E-state index >= 15 is 0 Å². The minimum Gasteiger partial charge on any atom is -0.496 e. The highest BCUT2D eigenvalue weighted by Gasteiger charge is 2.33. The lowest BCUT2D eigenvalue weighted by atomic mass is 9.82. The molecule has 1 aromatic carbocycles. The molecule has 3 nitrogen and oxygen atoms in total. The number of para-hydroxylation sites is 1. The Kier molecular flexibility index (Phi) is 5.44. The molecule has 0 aliphatic carbocycles. The molecule has 1 aliphatic rings. The number of benzene rings is 1. The third-order valence-electron chi connectivity index (χ3n) is 4.35. The van der Waals surface area contributed by atoms with Gasteiger partial charge in [-0.25, -0.2) is 0 Å². The Morgan fingerprint density at radius 3 is 2.80 bits per heavy atom. The summed E-state index contributed by atoms with van der Waals surface area (Å²) >= 11 is 0. The highest BCUT2D eigenvalue weighted by molar-refractivity contribution is 5.33. The average Bonchev–Trinajstić information content (AvgIpc) is 2.88. The topological polar surface area (TPSA) is 24.5 Å². The number of rotatable bonds is 7. The second-order valence-corrected chi connectivity index (χ2v) is 6.16. The summed E-state index contributed by atoms with van der Waals surface area (Å²) in [5, 5.41) is 3.54. The predicted octanol–water partition coefficient (Wildman–Crippen LogP) is 2.91. The molecule has 1 unspecified atom stereocenters. The van der Waals surface area contributed by atoms with E-state index in [1.54, 1.807) is 7.11 Å². The van der Waals surface area contributed by atoms with Crippen molar-refractivity contribution < 1.29 is 4.74 Å². The Morgan fingerprint density at radius 2 is 2.15 bits per heavy atom. The van der Waals surface area contributed by atoms with Crippen molar-refractivity contribution in [3.63, 3.8) is 0 Å². The van der Waals surface area contributed by atoms with Gasteiger partial charge in [-0.05, 0) is 37.9 Å². The summed E-state index contributed by atoms with van der Waals surface area (Å²) in [4.78, 5) is 2.44. The van der Waals surface area contributed by atoms with Crippen LogP contribution in [0.4, 0.5) is 0 Å². The number of nitrogens with one attached hydrogen (secondary N) is 1. The Balaban J connectivity index is 1.99. The fraction of sp³-hybridized carbons (Fsp3) is 0.647. The van der Waals surface area contributed by atoms with Gasteiger partial charge in [-0.2, -0.15) is 0 Å².